The van der Waals surface area contributed by atoms with Crippen molar-refractivity contribution in [2.24, 2.45) is 5.73 Å². The first-order chi connectivity index (χ1) is 16.2. The number of nitrogens with one attached hydrogen (secondary N) is 1. The number of nitrogens with two attached hydrogens (primary N) is 1. The molecule has 0 atom stereocenters. The molecule has 0 saturated heterocycles. The zero-order valence-corrected chi connectivity index (χ0v) is 20.5. The van der Waals surface area contributed by atoms with Crippen LogP contribution in [0.5, 0.6) is 5.88 Å². The van der Waals surface area contributed by atoms with Crippen LogP contribution in [0.2, 0.25) is 5.02 Å². The summed E-state index contributed by atoms with van der Waals surface area (Å²) < 4.78 is 37.2. The van der Waals surface area contributed by atoms with E-state index < -0.39 is 35.7 Å². The molecular formula is C21H28ClF2N5O4S. The number of aliphatic hydroxyl groups excluding tert-OH is 1. The first kappa shape index (κ1) is 27.7. The smallest absolute Gasteiger partial charge is 0.322 e. The van der Waals surface area contributed by atoms with Crippen molar-refractivity contribution in [3.63, 3.8) is 0 Å². The monoisotopic (exact) mass is 519 g/mol. The summed E-state index contributed by atoms with van der Waals surface area (Å²) in [7, 11) is 1.61. The van der Waals surface area contributed by atoms with Crippen molar-refractivity contribution in [3.05, 3.63) is 39.9 Å². The third-order valence-corrected chi connectivity index (χ3v) is 5.98. The van der Waals surface area contributed by atoms with E-state index in [0.29, 0.717) is 13.1 Å². The number of aliphatic hydroxyl groups is 1. The Morgan fingerprint density at radius 2 is 1.88 bits per heavy atom. The number of urea groups is 1. The van der Waals surface area contributed by atoms with E-state index in [1.807, 2.05) is 6.92 Å². The van der Waals surface area contributed by atoms with Crippen molar-refractivity contribution in [1.82, 2.24) is 14.2 Å². The molecule has 0 aliphatic carbocycles. The third-order valence-electron chi connectivity index (χ3n) is 5.01. The average molecular weight is 520 g/mol. The number of carbonyl (C=O) groups is 2. The number of benzene rings is 1. The van der Waals surface area contributed by atoms with Gasteiger partial charge in [-0.1, -0.05) is 18.5 Å². The van der Waals surface area contributed by atoms with Crippen LogP contribution in [0.25, 0.3) is 0 Å². The number of anilines is 1. The molecule has 0 aliphatic rings. The van der Waals surface area contributed by atoms with E-state index in [1.165, 1.54) is 4.90 Å². The fourth-order valence-electron chi connectivity index (χ4n) is 3.08. The van der Waals surface area contributed by atoms with Gasteiger partial charge in [0, 0.05) is 25.2 Å². The largest absolute Gasteiger partial charge is 0.471 e. The number of primary amides is 1. The molecule has 0 radical (unpaired) electrons. The maximum absolute atomic E-state index is 14.0. The minimum absolute atomic E-state index is 0.0662. The lowest BCUT2D eigenvalue weighted by atomic mass is 10.2. The average Bonchev–Trinajstić information content (AvgIpc) is 3.17. The predicted octanol–water partition coefficient (Wildman–Crippen LogP) is 3.31. The topological polar surface area (TPSA) is 121 Å². The number of likely N-dealkylation sites (N-methyl/N-ethyl adjacent to an activating group) is 1. The molecule has 34 heavy (non-hydrogen) atoms. The Hall–Kier alpha value is -2.54. The first-order valence-corrected chi connectivity index (χ1v) is 11.7. The molecule has 9 nitrogen and oxygen atoms in total. The number of rotatable bonds is 13. The van der Waals surface area contributed by atoms with E-state index in [2.05, 4.69) is 14.6 Å². The Morgan fingerprint density at radius 3 is 2.47 bits per heavy atom. The number of amides is 3. The van der Waals surface area contributed by atoms with Gasteiger partial charge < -0.3 is 25.4 Å². The van der Waals surface area contributed by atoms with Crippen LogP contribution < -0.4 is 15.8 Å². The van der Waals surface area contributed by atoms with Crippen LogP contribution >= 0.6 is 23.1 Å². The molecule has 0 unspecified atom stereocenters. The Morgan fingerprint density at radius 1 is 1.24 bits per heavy atom. The lowest BCUT2D eigenvalue weighted by molar-refractivity contribution is 0.0996. The second-order valence-corrected chi connectivity index (χ2v) is 8.62. The van der Waals surface area contributed by atoms with E-state index in [-0.39, 0.29) is 28.1 Å². The highest BCUT2D eigenvalue weighted by atomic mass is 35.5. The molecule has 0 spiro atoms. The zero-order chi connectivity index (χ0) is 25.3. The van der Waals surface area contributed by atoms with Crippen molar-refractivity contribution in [2.45, 2.75) is 26.4 Å². The maximum atomic E-state index is 14.0. The van der Waals surface area contributed by atoms with Crippen LogP contribution in [-0.2, 0) is 6.61 Å². The highest BCUT2D eigenvalue weighted by Crippen LogP contribution is 2.31. The standard InChI is InChI=1S/C21H28ClF2N5O4S/c1-3-29(8-9-30)7-5-4-6-28(2)21(32)26-20-17(18(25)31)19(27-34-20)33-12-14-15(23)10-13(22)11-16(14)24/h10-11,30H,3-9,12H2,1-2H3,(H2,25,31)(H,26,32). The molecule has 0 aliphatic heterocycles. The van der Waals surface area contributed by atoms with Gasteiger partial charge in [-0.3, -0.25) is 10.1 Å². The van der Waals surface area contributed by atoms with Crippen LogP contribution in [0, 0.1) is 11.6 Å². The van der Waals surface area contributed by atoms with Gasteiger partial charge in [-0.2, -0.15) is 4.37 Å². The minimum atomic E-state index is -0.915. The van der Waals surface area contributed by atoms with E-state index in [0.717, 1.165) is 49.6 Å². The summed E-state index contributed by atoms with van der Waals surface area (Å²) in [5, 5.41) is 11.6. The molecule has 1 aromatic heterocycles. The van der Waals surface area contributed by atoms with Gasteiger partial charge >= 0.3 is 6.03 Å². The lowest BCUT2D eigenvalue weighted by Gasteiger charge is -2.21. The van der Waals surface area contributed by atoms with Crippen molar-refractivity contribution < 1.29 is 28.2 Å². The molecule has 0 saturated carbocycles. The molecule has 1 heterocycles. The molecule has 4 N–H and O–H groups in total. The van der Waals surface area contributed by atoms with Crippen LogP contribution in [0.15, 0.2) is 12.1 Å². The van der Waals surface area contributed by atoms with Crippen LogP contribution in [0.3, 0.4) is 0 Å². The van der Waals surface area contributed by atoms with Crippen LogP contribution in [-0.4, -0.2) is 71.1 Å². The molecule has 0 bridgehead atoms. The Bertz CT molecular complexity index is 971. The van der Waals surface area contributed by atoms with E-state index in [4.69, 9.17) is 27.2 Å². The summed E-state index contributed by atoms with van der Waals surface area (Å²) in [5.74, 6) is -2.97. The number of hydrogen-bond donors (Lipinski definition) is 3. The summed E-state index contributed by atoms with van der Waals surface area (Å²) in [5.41, 5.74) is 4.84. The summed E-state index contributed by atoms with van der Waals surface area (Å²) in [6, 6.07) is 1.40. The first-order valence-electron chi connectivity index (χ1n) is 10.6. The van der Waals surface area contributed by atoms with Gasteiger partial charge in [0.15, 0.2) is 0 Å². The minimum Gasteiger partial charge on any atom is -0.471 e. The number of ether oxygens (including phenoxy) is 1. The van der Waals surface area contributed by atoms with Gasteiger partial charge in [0.05, 0.1) is 12.2 Å². The number of unbranched alkanes of at least 4 members (excludes halogenated alkanes) is 1. The molecular weight excluding hydrogens is 492 g/mol. The normalized spacial score (nSPS) is 11.0. The van der Waals surface area contributed by atoms with Crippen LogP contribution in [0.4, 0.5) is 18.6 Å². The van der Waals surface area contributed by atoms with Gasteiger partial charge in [0.25, 0.3) is 5.91 Å². The zero-order valence-electron chi connectivity index (χ0n) is 18.9. The molecule has 3 amide bonds. The second-order valence-electron chi connectivity index (χ2n) is 7.41. The van der Waals surface area contributed by atoms with E-state index in [9.17, 15) is 18.4 Å². The Kier molecular flexibility index (Phi) is 10.9. The van der Waals surface area contributed by atoms with Gasteiger partial charge in [-0.25, -0.2) is 13.6 Å². The lowest BCUT2D eigenvalue weighted by Crippen LogP contribution is -2.33. The molecule has 188 valence electrons. The van der Waals surface area contributed by atoms with Crippen molar-refractivity contribution in [1.29, 1.82) is 0 Å². The number of carbonyl (C=O) groups excluding carboxylic acids is 2. The number of nitrogens with zero attached hydrogens (tertiary/aromatic N) is 3. The van der Waals surface area contributed by atoms with Crippen molar-refractivity contribution >= 4 is 40.1 Å². The quantitative estimate of drug-likeness (QED) is 0.349. The van der Waals surface area contributed by atoms with Gasteiger partial charge in [0.2, 0.25) is 5.88 Å². The van der Waals surface area contributed by atoms with Gasteiger partial charge in [-0.15, -0.1) is 0 Å². The highest BCUT2D eigenvalue weighted by Gasteiger charge is 2.24. The summed E-state index contributed by atoms with van der Waals surface area (Å²) in [6.45, 7) is 4.27. The third kappa shape index (κ3) is 7.76. The molecule has 13 heteroatoms. The fraction of sp³-hybridized carbons (Fsp3) is 0.476. The Balaban J connectivity index is 1.97. The van der Waals surface area contributed by atoms with Gasteiger partial charge in [-0.05, 0) is 49.6 Å². The van der Waals surface area contributed by atoms with Crippen molar-refractivity contribution in [2.75, 3.05) is 45.2 Å². The summed E-state index contributed by atoms with van der Waals surface area (Å²) in [4.78, 5) is 28.0. The van der Waals surface area contributed by atoms with E-state index in [1.54, 1.807) is 7.05 Å². The SMILES string of the molecule is CCN(CCO)CCCCN(C)C(=O)Nc1snc(OCc2c(F)cc(Cl)cc2F)c1C(N)=O. The van der Waals surface area contributed by atoms with Gasteiger partial charge in [0.1, 0.15) is 28.8 Å². The van der Waals surface area contributed by atoms with Crippen molar-refractivity contribution in [3.8, 4) is 5.88 Å². The maximum Gasteiger partial charge on any atom is 0.322 e. The summed E-state index contributed by atoms with van der Waals surface area (Å²) in [6.07, 6.45) is 1.58. The molecule has 2 aromatic rings. The van der Waals surface area contributed by atoms with Crippen LogP contribution in [0.1, 0.15) is 35.7 Å². The molecule has 2 rings (SSSR count). The molecule has 0 fully saturated rings. The predicted molar refractivity (Wildman–Crippen MR) is 126 cm³/mol. The van der Waals surface area contributed by atoms with E-state index >= 15 is 0 Å². The number of aromatic nitrogens is 1. The molecule has 1 aromatic carbocycles. The fourth-order valence-corrected chi connectivity index (χ4v) is 4.00. The second kappa shape index (κ2) is 13.4. The Labute approximate surface area is 205 Å². The highest BCUT2D eigenvalue weighted by molar-refractivity contribution is 7.11. The number of halogens is 3. The number of hydrogen-bond acceptors (Lipinski definition) is 7. The summed E-state index contributed by atoms with van der Waals surface area (Å²) >= 11 is 6.37.